The van der Waals surface area contributed by atoms with Gasteiger partial charge in [0.25, 0.3) is 0 Å². The Hall–Kier alpha value is -1.48. The van der Waals surface area contributed by atoms with Gasteiger partial charge in [0.1, 0.15) is 0 Å². The Morgan fingerprint density at radius 2 is 1.38 bits per heavy atom. The molecule has 0 saturated heterocycles. The minimum absolute atomic E-state index is 0.641. The summed E-state index contributed by atoms with van der Waals surface area (Å²) < 4.78 is 0. The number of carbonyl (C=O) groups excluding carboxylic acids is 2. The maximum atomic E-state index is 10.6. The molecule has 1 aromatic carbocycles. The van der Waals surface area contributed by atoms with Crippen LogP contribution in [0.2, 0.25) is 0 Å². The highest BCUT2D eigenvalue weighted by Crippen LogP contribution is 2.24. The average molecular weight is 190 g/mol. The third-order valence-corrected chi connectivity index (χ3v) is 2.72. The van der Waals surface area contributed by atoms with Crippen molar-refractivity contribution in [1.82, 2.24) is 0 Å². The van der Waals surface area contributed by atoms with Crippen LogP contribution in [0.5, 0.6) is 0 Å². The average Bonchev–Trinajstić information content (AvgIpc) is 2.64. The third-order valence-electron chi connectivity index (χ3n) is 1.98. The van der Waals surface area contributed by atoms with Gasteiger partial charge >= 0.3 is 0 Å². The van der Waals surface area contributed by atoms with Gasteiger partial charge in [-0.3, -0.25) is 9.59 Å². The number of benzene rings is 1. The molecule has 3 heteroatoms. The highest BCUT2D eigenvalue weighted by atomic mass is 32.1. The number of aldehydes is 2. The van der Waals surface area contributed by atoms with Gasteiger partial charge < -0.3 is 0 Å². The van der Waals surface area contributed by atoms with Crippen LogP contribution in [0.3, 0.4) is 0 Å². The maximum Gasteiger partial charge on any atom is 0.150 e. The van der Waals surface area contributed by atoms with Crippen LogP contribution in [-0.4, -0.2) is 12.6 Å². The van der Waals surface area contributed by atoms with Gasteiger partial charge in [-0.25, -0.2) is 0 Å². The SMILES string of the molecule is O=Cc1ccc(C=O)c2cscc12. The summed E-state index contributed by atoms with van der Waals surface area (Å²) in [6.45, 7) is 0. The Morgan fingerprint density at radius 1 is 0.923 bits per heavy atom. The zero-order valence-electron chi connectivity index (χ0n) is 6.69. The highest BCUT2D eigenvalue weighted by molar-refractivity contribution is 7.09. The van der Waals surface area contributed by atoms with E-state index in [9.17, 15) is 9.59 Å². The van der Waals surface area contributed by atoms with E-state index in [2.05, 4.69) is 0 Å². The van der Waals surface area contributed by atoms with Crippen molar-refractivity contribution >= 4 is 34.7 Å². The quantitative estimate of drug-likeness (QED) is 0.682. The number of thiophene rings is 1. The Morgan fingerprint density at radius 3 is 1.77 bits per heavy atom. The number of hydrogen-bond donors (Lipinski definition) is 0. The fourth-order valence-electron chi connectivity index (χ4n) is 1.31. The molecule has 0 bridgehead atoms. The van der Waals surface area contributed by atoms with Crippen molar-refractivity contribution in [2.45, 2.75) is 0 Å². The van der Waals surface area contributed by atoms with Crippen LogP contribution in [0.4, 0.5) is 0 Å². The largest absolute Gasteiger partial charge is 0.298 e. The summed E-state index contributed by atoms with van der Waals surface area (Å²) in [6.07, 6.45) is 1.62. The Kier molecular flexibility index (Phi) is 1.94. The van der Waals surface area contributed by atoms with E-state index in [1.165, 1.54) is 11.3 Å². The number of carbonyl (C=O) groups is 2. The Balaban J connectivity index is 2.88. The van der Waals surface area contributed by atoms with Crippen molar-refractivity contribution in [3.05, 3.63) is 34.0 Å². The molecule has 0 saturated carbocycles. The smallest absolute Gasteiger partial charge is 0.150 e. The molecule has 0 radical (unpaired) electrons. The van der Waals surface area contributed by atoms with E-state index in [0.717, 1.165) is 23.3 Å². The number of hydrogen-bond acceptors (Lipinski definition) is 3. The summed E-state index contributed by atoms with van der Waals surface area (Å²) in [7, 11) is 0. The van der Waals surface area contributed by atoms with E-state index >= 15 is 0 Å². The summed E-state index contributed by atoms with van der Waals surface area (Å²) >= 11 is 1.49. The van der Waals surface area contributed by atoms with Gasteiger partial charge in [0.05, 0.1) is 0 Å². The molecular formula is C10H6O2S. The van der Waals surface area contributed by atoms with Gasteiger partial charge in [-0.05, 0) is 10.8 Å². The second-order valence-corrected chi connectivity index (χ2v) is 3.42. The first-order valence-corrected chi connectivity index (χ1v) is 4.70. The molecule has 1 aromatic heterocycles. The zero-order valence-corrected chi connectivity index (χ0v) is 7.51. The summed E-state index contributed by atoms with van der Waals surface area (Å²) in [5, 5.41) is 5.49. The van der Waals surface area contributed by atoms with Crippen molar-refractivity contribution in [1.29, 1.82) is 0 Å². The van der Waals surface area contributed by atoms with E-state index in [-0.39, 0.29) is 0 Å². The third kappa shape index (κ3) is 1.17. The van der Waals surface area contributed by atoms with Gasteiger partial charge in [-0.2, -0.15) is 11.3 Å². The van der Waals surface area contributed by atoms with E-state index in [4.69, 9.17) is 0 Å². The molecule has 2 aromatic rings. The molecule has 2 rings (SSSR count). The van der Waals surface area contributed by atoms with Crippen molar-refractivity contribution < 1.29 is 9.59 Å². The summed E-state index contributed by atoms with van der Waals surface area (Å²) in [4.78, 5) is 21.3. The summed E-state index contributed by atoms with van der Waals surface area (Å²) in [5.41, 5.74) is 1.28. The van der Waals surface area contributed by atoms with Crippen molar-refractivity contribution in [3.8, 4) is 0 Å². The molecule has 13 heavy (non-hydrogen) atoms. The monoisotopic (exact) mass is 190 g/mol. The molecule has 0 spiro atoms. The van der Waals surface area contributed by atoms with Crippen LogP contribution in [-0.2, 0) is 0 Å². The van der Waals surface area contributed by atoms with Crippen LogP contribution in [0.25, 0.3) is 10.8 Å². The second kappa shape index (κ2) is 3.11. The van der Waals surface area contributed by atoms with Gasteiger partial charge in [-0.15, -0.1) is 0 Å². The Bertz CT molecular complexity index is 429. The molecular weight excluding hydrogens is 184 g/mol. The normalized spacial score (nSPS) is 10.2. The zero-order chi connectivity index (χ0) is 9.26. The second-order valence-electron chi connectivity index (χ2n) is 2.68. The Labute approximate surface area is 78.8 Å². The number of fused-ring (bicyclic) bond motifs is 1. The fraction of sp³-hybridized carbons (Fsp3) is 0. The van der Waals surface area contributed by atoms with Gasteiger partial charge in [0.2, 0.25) is 0 Å². The predicted octanol–water partition coefficient (Wildman–Crippen LogP) is 2.53. The first-order valence-electron chi connectivity index (χ1n) is 3.76. The summed E-state index contributed by atoms with van der Waals surface area (Å²) in [6, 6.07) is 3.34. The number of rotatable bonds is 2. The van der Waals surface area contributed by atoms with Crippen LogP contribution < -0.4 is 0 Å². The molecule has 0 amide bonds. The molecule has 0 unspecified atom stereocenters. The van der Waals surface area contributed by atoms with E-state index in [1.54, 1.807) is 12.1 Å². The van der Waals surface area contributed by atoms with Gasteiger partial charge in [0.15, 0.2) is 12.6 Å². The molecule has 0 aliphatic heterocycles. The molecule has 0 fully saturated rings. The van der Waals surface area contributed by atoms with E-state index in [1.807, 2.05) is 10.8 Å². The van der Waals surface area contributed by atoms with Crippen LogP contribution >= 0.6 is 11.3 Å². The fourth-order valence-corrected chi connectivity index (χ4v) is 2.18. The van der Waals surface area contributed by atoms with Crippen LogP contribution in [0.15, 0.2) is 22.9 Å². The predicted molar refractivity (Wildman–Crippen MR) is 52.6 cm³/mol. The van der Waals surface area contributed by atoms with Crippen molar-refractivity contribution in [2.24, 2.45) is 0 Å². The van der Waals surface area contributed by atoms with Crippen molar-refractivity contribution in [2.75, 3.05) is 0 Å². The topological polar surface area (TPSA) is 34.1 Å². The maximum absolute atomic E-state index is 10.6. The van der Waals surface area contributed by atoms with E-state index < -0.39 is 0 Å². The molecule has 1 heterocycles. The molecule has 0 aliphatic carbocycles. The standard InChI is InChI=1S/C10H6O2S/c11-3-7-1-2-8(4-12)10-6-13-5-9(7)10/h1-6H. The molecule has 0 atom stereocenters. The minimum atomic E-state index is 0.641. The van der Waals surface area contributed by atoms with Gasteiger partial charge in [-0.1, -0.05) is 12.1 Å². The summed E-state index contributed by atoms with van der Waals surface area (Å²) in [5.74, 6) is 0. The van der Waals surface area contributed by atoms with Crippen LogP contribution in [0, 0.1) is 0 Å². The first kappa shape index (κ1) is 8.13. The van der Waals surface area contributed by atoms with Crippen LogP contribution in [0.1, 0.15) is 20.7 Å². The highest BCUT2D eigenvalue weighted by Gasteiger charge is 2.04. The van der Waals surface area contributed by atoms with E-state index in [0.29, 0.717) is 11.1 Å². The van der Waals surface area contributed by atoms with Gasteiger partial charge in [0, 0.05) is 21.9 Å². The molecule has 64 valence electrons. The first-order chi connectivity index (χ1) is 6.36. The molecule has 2 nitrogen and oxygen atoms in total. The molecule has 0 aliphatic rings. The lowest BCUT2D eigenvalue weighted by Crippen LogP contribution is -1.85. The minimum Gasteiger partial charge on any atom is -0.298 e. The lowest BCUT2D eigenvalue weighted by atomic mass is 10.1. The van der Waals surface area contributed by atoms with Crippen molar-refractivity contribution in [3.63, 3.8) is 0 Å². The lowest BCUT2D eigenvalue weighted by molar-refractivity contribution is 0.111. The molecule has 0 N–H and O–H groups in total. The lowest BCUT2D eigenvalue weighted by Gasteiger charge is -1.96.